The van der Waals surface area contributed by atoms with Gasteiger partial charge in [-0.2, -0.15) is 18.7 Å². The zero-order valence-corrected chi connectivity index (χ0v) is 11.4. The molecular weight excluding hydrogens is 273 g/mol. The number of nitrogens with zero attached hydrogens (tertiary/aromatic N) is 1. The first kappa shape index (κ1) is 15.1. The van der Waals surface area contributed by atoms with Gasteiger partial charge >= 0.3 is 6.18 Å². The highest BCUT2D eigenvalue weighted by Crippen LogP contribution is 2.38. The molecule has 1 atom stereocenters. The number of benzene rings is 1. The van der Waals surface area contributed by atoms with Crippen LogP contribution in [-0.4, -0.2) is 38.3 Å². The first-order valence-electron chi connectivity index (χ1n) is 6.32. The van der Waals surface area contributed by atoms with E-state index in [1.165, 1.54) is 18.7 Å². The van der Waals surface area contributed by atoms with Crippen molar-refractivity contribution in [2.75, 3.05) is 27.2 Å². The van der Waals surface area contributed by atoms with Crippen molar-refractivity contribution < 1.29 is 28.2 Å². The Morgan fingerprint density at radius 2 is 2.10 bits per heavy atom. The van der Waals surface area contributed by atoms with Gasteiger partial charge in [-0.1, -0.05) is 0 Å². The van der Waals surface area contributed by atoms with Crippen molar-refractivity contribution in [3.8, 4) is 5.75 Å². The summed E-state index contributed by atoms with van der Waals surface area (Å²) in [7, 11) is 3.32. The molecule has 4 nitrogen and oxygen atoms in total. The fourth-order valence-electron chi connectivity index (χ4n) is 2.25. The number of ether oxygens (including phenoxy) is 1. The van der Waals surface area contributed by atoms with Crippen LogP contribution in [-0.2, 0) is 11.0 Å². The lowest BCUT2D eigenvalue weighted by atomic mass is 10.1. The molecule has 1 heterocycles. The molecule has 1 aromatic carbocycles. The number of halogens is 3. The summed E-state index contributed by atoms with van der Waals surface area (Å²) in [4.78, 5) is 6.78. The minimum absolute atomic E-state index is 0.119. The van der Waals surface area contributed by atoms with Crippen LogP contribution in [0.3, 0.4) is 0 Å². The van der Waals surface area contributed by atoms with Crippen molar-refractivity contribution >= 4 is 5.69 Å². The van der Waals surface area contributed by atoms with Crippen LogP contribution in [0.4, 0.5) is 18.9 Å². The highest BCUT2D eigenvalue weighted by Gasteiger charge is 2.36. The zero-order chi connectivity index (χ0) is 14.8. The van der Waals surface area contributed by atoms with Crippen LogP contribution in [0.15, 0.2) is 18.2 Å². The maximum absolute atomic E-state index is 13.1. The van der Waals surface area contributed by atoms with Gasteiger partial charge in [0.05, 0.1) is 7.11 Å². The largest absolute Gasteiger partial charge is 0.488 e. The van der Waals surface area contributed by atoms with Gasteiger partial charge < -0.3 is 9.64 Å². The van der Waals surface area contributed by atoms with Crippen LogP contribution in [0.5, 0.6) is 5.75 Å². The van der Waals surface area contributed by atoms with Crippen molar-refractivity contribution in [1.29, 1.82) is 0 Å². The third-order valence-corrected chi connectivity index (χ3v) is 3.20. The van der Waals surface area contributed by atoms with Gasteiger partial charge in [-0.15, -0.1) is 0 Å². The number of hydrogen-bond acceptors (Lipinski definition) is 3. The Balaban J connectivity index is 2.22. The van der Waals surface area contributed by atoms with E-state index in [0.717, 1.165) is 19.0 Å². The van der Waals surface area contributed by atoms with E-state index in [4.69, 9.17) is 9.57 Å². The van der Waals surface area contributed by atoms with Crippen molar-refractivity contribution in [3.63, 3.8) is 0 Å². The van der Waals surface area contributed by atoms with Crippen molar-refractivity contribution in [3.05, 3.63) is 23.8 Å². The number of quaternary nitrogens is 1. The molecule has 1 aliphatic heterocycles. The molecule has 1 saturated heterocycles. The molecule has 0 spiro atoms. The van der Waals surface area contributed by atoms with Gasteiger partial charge in [0, 0.05) is 25.2 Å². The van der Waals surface area contributed by atoms with E-state index in [-0.39, 0.29) is 11.9 Å². The number of nitrogens with two attached hydrogens (primary N) is 1. The summed E-state index contributed by atoms with van der Waals surface area (Å²) in [5.74, 6) is -0.119. The molecule has 1 unspecified atom stereocenters. The smallest absolute Gasteiger partial charge is 0.420 e. The predicted molar refractivity (Wildman–Crippen MR) is 66.6 cm³/mol. The zero-order valence-electron chi connectivity index (χ0n) is 11.4. The standard InChI is InChI=1S/C13H17F3N2O2/c1-18-6-5-10(8-18)20-12-4-3-9(17-19-2)7-11(12)13(14,15)16/h3-4,7,10,17H,5-6,8H2,1-2H3/p+1. The second-order valence-electron chi connectivity index (χ2n) is 4.90. The van der Waals surface area contributed by atoms with Gasteiger partial charge in [0.1, 0.15) is 17.4 Å². The molecule has 2 rings (SSSR count). The first-order chi connectivity index (χ1) is 9.40. The normalized spacial score (nSPS) is 20.4. The van der Waals surface area contributed by atoms with E-state index in [1.54, 1.807) is 6.07 Å². The van der Waals surface area contributed by atoms with Gasteiger partial charge in [-0.25, -0.2) is 4.84 Å². The Morgan fingerprint density at radius 1 is 1.35 bits per heavy atom. The Morgan fingerprint density at radius 3 is 2.65 bits per heavy atom. The molecule has 0 aromatic heterocycles. The summed E-state index contributed by atoms with van der Waals surface area (Å²) in [6, 6.07) is 3.94. The maximum atomic E-state index is 13.1. The molecule has 0 amide bonds. The Kier molecular flexibility index (Phi) is 4.52. The van der Waals surface area contributed by atoms with Crippen LogP contribution in [0.25, 0.3) is 0 Å². The summed E-state index contributed by atoms with van der Waals surface area (Å²) in [5.41, 5.74) is 0.858. The average Bonchev–Trinajstić information content (AvgIpc) is 2.76. The van der Waals surface area contributed by atoms with Gasteiger partial charge in [-0.3, -0.25) is 0 Å². The monoisotopic (exact) mass is 291 g/mol. The van der Waals surface area contributed by atoms with E-state index in [2.05, 4.69) is 0 Å². The van der Waals surface area contributed by atoms with Gasteiger partial charge in [0.15, 0.2) is 5.69 Å². The van der Waals surface area contributed by atoms with Crippen LogP contribution < -0.4 is 10.2 Å². The van der Waals surface area contributed by atoms with Crippen molar-refractivity contribution in [2.24, 2.45) is 0 Å². The van der Waals surface area contributed by atoms with E-state index < -0.39 is 11.7 Å². The quantitative estimate of drug-likeness (QED) is 0.675. The molecule has 1 aliphatic rings. The number of alkyl halides is 3. The number of rotatable bonds is 4. The highest BCUT2D eigenvalue weighted by atomic mass is 19.4. The summed E-state index contributed by atoms with van der Waals surface area (Å²) in [5, 5.41) is 0. The molecule has 112 valence electrons. The topological polar surface area (TPSA) is 38.3 Å². The summed E-state index contributed by atoms with van der Waals surface area (Å²) in [6.07, 6.45) is -3.91. The van der Waals surface area contributed by atoms with Crippen molar-refractivity contribution in [2.45, 2.75) is 18.7 Å². The molecular formula is C13H18F3N2O2+. The van der Waals surface area contributed by atoms with E-state index in [0.29, 0.717) is 12.2 Å². The number of likely N-dealkylation sites (N-methyl/N-ethyl adjacent to an activating group) is 1. The summed E-state index contributed by atoms with van der Waals surface area (Å²) >= 11 is 0. The molecule has 0 aliphatic carbocycles. The molecule has 2 N–H and O–H groups in total. The Hall–Kier alpha value is -1.31. The number of hydrogen-bond donors (Lipinski definition) is 1. The van der Waals surface area contributed by atoms with Gasteiger partial charge in [0.25, 0.3) is 0 Å². The Labute approximate surface area is 115 Å². The predicted octanol–water partition coefficient (Wildman–Crippen LogP) is 1.54. The van der Waals surface area contributed by atoms with Crippen LogP contribution in [0.1, 0.15) is 12.0 Å². The number of likely N-dealkylation sites (tertiary alicyclic amines) is 1. The molecule has 0 bridgehead atoms. The SMILES string of the molecule is CO[NH2+]c1ccc(OC2CCN(C)C2)c(C(F)(F)F)c1. The van der Waals surface area contributed by atoms with E-state index in [9.17, 15) is 13.2 Å². The fraction of sp³-hybridized carbons (Fsp3) is 0.538. The third-order valence-electron chi connectivity index (χ3n) is 3.20. The lowest BCUT2D eigenvalue weighted by Gasteiger charge is -2.18. The molecule has 1 aromatic rings. The lowest BCUT2D eigenvalue weighted by Crippen LogP contribution is -2.75. The van der Waals surface area contributed by atoms with Crippen molar-refractivity contribution in [1.82, 2.24) is 4.90 Å². The third kappa shape index (κ3) is 3.62. The second kappa shape index (κ2) is 5.99. The van der Waals surface area contributed by atoms with Crippen LogP contribution in [0, 0.1) is 0 Å². The molecule has 0 radical (unpaired) electrons. The average molecular weight is 291 g/mol. The molecule has 7 heteroatoms. The van der Waals surface area contributed by atoms with Gasteiger partial charge in [0.2, 0.25) is 0 Å². The molecule has 1 fully saturated rings. The van der Waals surface area contributed by atoms with Crippen LogP contribution >= 0.6 is 0 Å². The summed E-state index contributed by atoms with van der Waals surface area (Å²) < 4.78 is 44.7. The van der Waals surface area contributed by atoms with Gasteiger partial charge in [-0.05, 0) is 19.5 Å². The molecule has 20 heavy (non-hydrogen) atoms. The minimum atomic E-state index is -4.45. The first-order valence-corrected chi connectivity index (χ1v) is 6.32. The minimum Gasteiger partial charge on any atom is -0.488 e. The highest BCUT2D eigenvalue weighted by molar-refractivity contribution is 5.44. The maximum Gasteiger partial charge on any atom is 0.420 e. The second-order valence-corrected chi connectivity index (χ2v) is 4.90. The van der Waals surface area contributed by atoms with E-state index in [1.807, 2.05) is 11.9 Å². The molecule has 0 saturated carbocycles. The Bertz CT molecular complexity index is 465. The summed E-state index contributed by atoms with van der Waals surface area (Å²) in [6.45, 7) is 1.48. The van der Waals surface area contributed by atoms with Crippen LogP contribution in [0.2, 0.25) is 0 Å². The fourth-order valence-corrected chi connectivity index (χ4v) is 2.25. The lowest BCUT2D eigenvalue weighted by molar-refractivity contribution is -0.830. The van der Waals surface area contributed by atoms with E-state index >= 15 is 0 Å².